The van der Waals surface area contributed by atoms with Crippen molar-refractivity contribution >= 4 is 38.8 Å². The van der Waals surface area contributed by atoms with Gasteiger partial charge in [0, 0.05) is 12.6 Å². The highest BCUT2D eigenvalue weighted by Gasteiger charge is 2.15. The normalized spacial score (nSPS) is 12.6. The number of thiazole rings is 1. The highest BCUT2D eigenvalue weighted by Crippen LogP contribution is 2.33. The van der Waals surface area contributed by atoms with Crippen LogP contribution in [0.3, 0.4) is 0 Å². The average molecular weight is 353 g/mol. The SMILES string of the molecule is C[C@H](NC(=O)O)c1cccc(-c2nc3c(ncc4ncn(C)c43)s2)c1. The number of imidazole rings is 1. The number of amides is 1. The number of nitrogens with one attached hydrogen (secondary N) is 1. The van der Waals surface area contributed by atoms with Crippen molar-refractivity contribution in [1.29, 1.82) is 0 Å². The molecule has 1 amide bonds. The predicted molar refractivity (Wildman–Crippen MR) is 96.7 cm³/mol. The summed E-state index contributed by atoms with van der Waals surface area (Å²) < 4.78 is 1.94. The van der Waals surface area contributed by atoms with Crippen LogP contribution in [0, 0.1) is 0 Å². The van der Waals surface area contributed by atoms with Gasteiger partial charge >= 0.3 is 6.09 Å². The van der Waals surface area contributed by atoms with Crippen LogP contribution in [0.2, 0.25) is 0 Å². The van der Waals surface area contributed by atoms with Gasteiger partial charge in [-0.25, -0.2) is 19.7 Å². The molecule has 0 aliphatic carbocycles. The highest BCUT2D eigenvalue weighted by atomic mass is 32.1. The minimum absolute atomic E-state index is 0.297. The number of carbonyl (C=O) groups is 1. The summed E-state index contributed by atoms with van der Waals surface area (Å²) in [6.45, 7) is 1.81. The number of fused-ring (bicyclic) bond motifs is 3. The first-order valence-corrected chi connectivity index (χ1v) is 8.51. The second-order valence-corrected chi connectivity index (χ2v) is 6.79. The second kappa shape index (κ2) is 5.82. The molecule has 8 heteroatoms. The molecule has 1 aromatic carbocycles. The predicted octanol–water partition coefficient (Wildman–Crippen LogP) is 3.57. The highest BCUT2D eigenvalue weighted by molar-refractivity contribution is 7.21. The van der Waals surface area contributed by atoms with Gasteiger partial charge in [0.05, 0.1) is 24.1 Å². The number of rotatable bonds is 3. The quantitative estimate of drug-likeness (QED) is 0.587. The van der Waals surface area contributed by atoms with Crippen LogP contribution >= 0.6 is 11.3 Å². The van der Waals surface area contributed by atoms with Crippen molar-refractivity contribution < 1.29 is 9.90 Å². The van der Waals surface area contributed by atoms with Gasteiger partial charge in [0.1, 0.15) is 20.9 Å². The molecule has 0 bridgehead atoms. The van der Waals surface area contributed by atoms with Gasteiger partial charge in [0.25, 0.3) is 0 Å². The molecule has 0 aliphatic heterocycles. The first-order valence-electron chi connectivity index (χ1n) is 7.69. The van der Waals surface area contributed by atoms with Crippen molar-refractivity contribution in [2.45, 2.75) is 13.0 Å². The summed E-state index contributed by atoms with van der Waals surface area (Å²) in [4.78, 5) is 25.2. The number of aromatic nitrogens is 4. The molecule has 0 spiro atoms. The second-order valence-electron chi connectivity index (χ2n) is 5.82. The smallest absolute Gasteiger partial charge is 0.405 e. The summed E-state index contributed by atoms with van der Waals surface area (Å²) in [6, 6.07) is 7.43. The zero-order chi connectivity index (χ0) is 17.6. The summed E-state index contributed by atoms with van der Waals surface area (Å²) in [5, 5.41) is 12.2. The molecular weight excluding hydrogens is 338 g/mol. The lowest BCUT2D eigenvalue weighted by molar-refractivity contribution is 0.191. The number of aryl methyl sites for hydroxylation is 1. The Kier molecular flexibility index (Phi) is 3.61. The monoisotopic (exact) mass is 353 g/mol. The van der Waals surface area contributed by atoms with E-state index in [4.69, 9.17) is 10.1 Å². The summed E-state index contributed by atoms with van der Waals surface area (Å²) in [5.41, 5.74) is 4.44. The van der Waals surface area contributed by atoms with Crippen LogP contribution in [0.1, 0.15) is 18.5 Å². The number of carboxylic acid groups (broad SMARTS) is 1. The Morgan fingerprint density at radius 3 is 3.00 bits per heavy atom. The van der Waals surface area contributed by atoms with Gasteiger partial charge < -0.3 is 15.0 Å². The Morgan fingerprint density at radius 1 is 1.36 bits per heavy atom. The fourth-order valence-corrected chi connectivity index (χ4v) is 3.75. The Morgan fingerprint density at radius 2 is 2.20 bits per heavy atom. The lowest BCUT2D eigenvalue weighted by atomic mass is 10.1. The van der Waals surface area contributed by atoms with E-state index in [1.807, 2.05) is 42.8 Å². The van der Waals surface area contributed by atoms with Crippen molar-refractivity contribution in [3.05, 3.63) is 42.4 Å². The van der Waals surface area contributed by atoms with E-state index in [9.17, 15) is 4.79 Å². The maximum Gasteiger partial charge on any atom is 0.405 e. The van der Waals surface area contributed by atoms with Crippen LogP contribution < -0.4 is 5.32 Å². The first-order chi connectivity index (χ1) is 12.0. The molecule has 4 aromatic rings. The van der Waals surface area contributed by atoms with Gasteiger partial charge in [0.15, 0.2) is 0 Å². The Balaban J connectivity index is 1.81. The molecule has 0 radical (unpaired) electrons. The Bertz CT molecular complexity index is 1100. The van der Waals surface area contributed by atoms with Gasteiger partial charge in [-0.15, -0.1) is 0 Å². The van der Waals surface area contributed by atoms with Crippen LogP contribution in [0.5, 0.6) is 0 Å². The topological polar surface area (TPSA) is 92.9 Å². The van der Waals surface area contributed by atoms with Crippen molar-refractivity contribution in [3.63, 3.8) is 0 Å². The number of benzene rings is 1. The summed E-state index contributed by atoms with van der Waals surface area (Å²) >= 11 is 1.51. The number of hydrogen-bond donors (Lipinski definition) is 2. The van der Waals surface area contributed by atoms with E-state index >= 15 is 0 Å². The molecule has 0 aliphatic rings. The fraction of sp³-hybridized carbons (Fsp3) is 0.176. The van der Waals surface area contributed by atoms with E-state index in [1.165, 1.54) is 11.3 Å². The molecule has 7 nitrogen and oxygen atoms in total. The molecule has 0 saturated heterocycles. The lowest BCUT2D eigenvalue weighted by Gasteiger charge is -2.12. The van der Waals surface area contributed by atoms with E-state index in [0.29, 0.717) is 0 Å². The van der Waals surface area contributed by atoms with Gasteiger partial charge in [-0.05, 0) is 18.6 Å². The first kappa shape index (κ1) is 15.5. The third-order valence-electron chi connectivity index (χ3n) is 4.08. The molecule has 0 unspecified atom stereocenters. The Labute approximate surface area is 147 Å². The van der Waals surface area contributed by atoms with Crippen LogP contribution in [0.15, 0.2) is 36.8 Å². The van der Waals surface area contributed by atoms with E-state index < -0.39 is 6.09 Å². The average Bonchev–Trinajstić information content (AvgIpc) is 3.18. The molecule has 3 heterocycles. The van der Waals surface area contributed by atoms with E-state index in [0.717, 1.165) is 37.5 Å². The molecular formula is C17H15N5O2S. The summed E-state index contributed by atoms with van der Waals surface area (Å²) in [7, 11) is 1.94. The molecule has 1 atom stereocenters. The van der Waals surface area contributed by atoms with E-state index in [-0.39, 0.29) is 6.04 Å². The molecule has 2 N–H and O–H groups in total. The van der Waals surface area contributed by atoms with Crippen molar-refractivity contribution in [1.82, 2.24) is 24.8 Å². The van der Waals surface area contributed by atoms with Gasteiger partial charge in [-0.3, -0.25) is 0 Å². The minimum Gasteiger partial charge on any atom is -0.465 e. The number of pyridine rings is 1. The fourth-order valence-electron chi connectivity index (χ4n) is 2.84. The summed E-state index contributed by atoms with van der Waals surface area (Å²) in [5.74, 6) is 0. The number of nitrogens with zero attached hydrogens (tertiary/aromatic N) is 4. The van der Waals surface area contributed by atoms with Crippen molar-refractivity contribution in [2.75, 3.05) is 0 Å². The third kappa shape index (κ3) is 2.70. The third-order valence-corrected chi connectivity index (χ3v) is 5.09. The number of hydrogen-bond acceptors (Lipinski definition) is 5. The van der Waals surface area contributed by atoms with Crippen LogP contribution in [-0.4, -0.2) is 30.7 Å². The Hall–Kier alpha value is -3.00. The maximum atomic E-state index is 10.8. The summed E-state index contributed by atoms with van der Waals surface area (Å²) in [6.07, 6.45) is 2.47. The van der Waals surface area contributed by atoms with Crippen LogP contribution in [0.4, 0.5) is 4.79 Å². The van der Waals surface area contributed by atoms with Gasteiger partial charge in [-0.2, -0.15) is 0 Å². The lowest BCUT2D eigenvalue weighted by Crippen LogP contribution is -2.24. The zero-order valence-corrected chi connectivity index (χ0v) is 14.4. The molecule has 0 saturated carbocycles. The zero-order valence-electron chi connectivity index (χ0n) is 13.6. The van der Waals surface area contributed by atoms with Gasteiger partial charge in [-0.1, -0.05) is 29.5 Å². The van der Waals surface area contributed by atoms with Crippen molar-refractivity contribution in [2.24, 2.45) is 7.05 Å². The largest absolute Gasteiger partial charge is 0.465 e. The van der Waals surface area contributed by atoms with Crippen LogP contribution in [-0.2, 0) is 7.05 Å². The van der Waals surface area contributed by atoms with Gasteiger partial charge in [0.2, 0.25) is 0 Å². The van der Waals surface area contributed by atoms with E-state index in [2.05, 4.69) is 15.3 Å². The van der Waals surface area contributed by atoms with E-state index in [1.54, 1.807) is 12.5 Å². The minimum atomic E-state index is -1.04. The maximum absolute atomic E-state index is 10.8. The molecule has 25 heavy (non-hydrogen) atoms. The molecule has 0 fully saturated rings. The molecule has 3 aromatic heterocycles. The standard InChI is InChI=1S/C17H15N5O2S/c1-9(20-17(23)24)10-4-3-5-11(6-10)15-21-13-14-12(19-8-22(14)2)7-18-16(13)25-15/h3-9,20H,1-2H3,(H,23,24)/t9-/m0/s1. The molecule has 4 rings (SSSR count). The van der Waals surface area contributed by atoms with Crippen LogP contribution in [0.25, 0.3) is 32.0 Å². The van der Waals surface area contributed by atoms with Crippen molar-refractivity contribution in [3.8, 4) is 10.6 Å². The molecule has 126 valence electrons.